The second kappa shape index (κ2) is 3.61. The van der Waals surface area contributed by atoms with Crippen LogP contribution < -0.4 is 0 Å². The van der Waals surface area contributed by atoms with Crippen LogP contribution in [0.25, 0.3) is 5.65 Å². The smallest absolute Gasteiger partial charge is 0.356 e. The van der Waals surface area contributed by atoms with E-state index in [4.69, 9.17) is 5.11 Å². The summed E-state index contributed by atoms with van der Waals surface area (Å²) >= 11 is 0. The lowest BCUT2D eigenvalue weighted by molar-refractivity contribution is 0.0590. The highest BCUT2D eigenvalue weighted by Gasteiger charge is 2.16. The van der Waals surface area contributed by atoms with Crippen LogP contribution in [0.4, 0.5) is 0 Å². The monoisotopic (exact) mass is 221 g/mol. The van der Waals surface area contributed by atoms with E-state index in [1.54, 1.807) is 0 Å². The topological polar surface area (TPSA) is 93.8 Å². The molecule has 16 heavy (non-hydrogen) atoms. The van der Waals surface area contributed by atoms with Crippen LogP contribution in [0.15, 0.2) is 18.3 Å². The number of methoxy groups -OCH3 is 1. The SMILES string of the molecule is COC(=O)c1cc(C(=O)O)nc2ccnn12. The summed E-state index contributed by atoms with van der Waals surface area (Å²) in [7, 11) is 1.21. The van der Waals surface area contributed by atoms with Gasteiger partial charge in [-0.3, -0.25) is 0 Å². The fourth-order valence-electron chi connectivity index (χ4n) is 1.27. The number of hydrogen-bond donors (Lipinski definition) is 1. The first-order valence-electron chi connectivity index (χ1n) is 4.30. The molecule has 2 heterocycles. The first-order valence-corrected chi connectivity index (χ1v) is 4.30. The third kappa shape index (κ3) is 1.48. The number of ether oxygens (including phenoxy) is 1. The average Bonchev–Trinajstić information content (AvgIpc) is 2.74. The zero-order chi connectivity index (χ0) is 11.7. The van der Waals surface area contributed by atoms with E-state index in [2.05, 4.69) is 14.8 Å². The van der Waals surface area contributed by atoms with Crippen LogP contribution in [-0.4, -0.2) is 38.8 Å². The number of aromatic carboxylic acids is 1. The lowest BCUT2D eigenvalue weighted by Gasteiger charge is -2.03. The molecule has 7 nitrogen and oxygen atoms in total. The van der Waals surface area contributed by atoms with Crippen LogP contribution in [0, 0.1) is 0 Å². The van der Waals surface area contributed by atoms with Gasteiger partial charge < -0.3 is 9.84 Å². The lowest BCUT2D eigenvalue weighted by Crippen LogP contribution is -2.13. The summed E-state index contributed by atoms with van der Waals surface area (Å²) in [5, 5.41) is 12.7. The van der Waals surface area contributed by atoms with Crippen LogP contribution in [-0.2, 0) is 4.74 Å². The summed E-state index contributed by atoms with van der Waals surface area (Å²) in [6.07, 6.45) is 1.42. The van der Waals surface area contributed by atoms with Crippen molar-refractivity contribution in [2.45, 2.75) is 0 Å². The van der Waals surface area contributed by atoms with E-state index in [0.29, 0.717) is 0 Å². The van der Waals surface area contributed by atoms with Gasteiger partial charge in [-0.25, -0.2) is 19.1 Å². The van der Waals surface area contributed by atoms with Gasteiger partial charge in [-0.05, 0) is 0 Å². The molecule has 0 aliphatic carbocycles. The lowest BCUT2D eigenvalue weighted by atomic mass is 10.3. The number of carboxylic acids is 1. The second-order valence-corrected chi connectivity index (χ2v) is 2.92. The number of carboxylic acid groups (broad SMARTS) is 1. The van der Waals surface area contributed by atoms with Gasteiger partial charge in [0.25, 0.3) is 0 Å². The third-order valence-electron chi connectivity index (χ3n) is 1.97. The van der Waals surface area contributed by atoms with Crippen molar-refractivity contribution in [1.29, 1.82) is 0 Å². The molecular weight excluding hydrogens is 214 g/mol. The van der Waals surface area contributed by atoms with Crippen molar-refractivity contribution in [3.63, 3.8) is 0 Å². The molecule has 0 saturated carbocycles. The van der Waals surface area contributed by atoms with Crippen LogP contribution in [0.1, 0.15) is 21.0 Å². The van der Waals surface area contributed by atoms with Crippen molar-refractivity contribution in [2.75, 3.05) is 7.11 Å². The Morgan fingerprint density at radius 3 is 2.88 bits per heavy atom. The van der Waals surface area contributed by atoms with Crippen LogP contribution in [0.2, 0.25) is 0 Å². The van der Waals surface area contributed by atoms with Crippen molar-refractivity contribution >= 4 is 17.6 Å². The van der Waals surface area contributed by atoms with Gasteiger partial charge in [0.2, 0.25) is 0 Å². The van der Waals surface area contributed by atoms with Gasteiger partial charge in [0.1, 0.15) is 0 Å². The van der Waals surface area contributed by atoms with Crippen molar-refractivity contribution < 1.29 is 19.4 Å². The molecule has 0 atom stereocenters. The van der Waals surface area contributed by atoms with Gasteiger partial charge >= 0.3 is 11.9 Å². The number of rotatable bonds is 2. The van der Waals surface area contributed by atoms with Crippen LogP contribution >= 0.6 is 0 Å². The Morgan fingerprint density at radius 1 is 1.50 bits per heavy atom. The van der Waals surface area contributed by atoms with Gasteiger partial charge in [0.15, 0.2) is 17.0 Å². The standard InChI is InChI=1S/C9H7N3O4/c1-16-9(15)6-4-5(8(13)14)11-7-2-3-10-12(6)7/h2-4H,1H3,(H,13,14). The molecule has 0 bridgehead atoms. The molecule has 0 saturated heterocycles. The maximum absolute atomic E-state index is 11.4. The molecule has 0 unspecified atom stereocenters. The fraction of sp³-hybridized carbons (Fsp3) is 0.111. The van der Waals surface area contributed by atoms with Gasteiger partial charge in [-0.15, -0.1) is 0 Å². The highest BCUT2D eigenvalue weighted by molar-refractivity contribution is 5.92. The summed E-state index contributed by atoms with van der Waals surface area (Å²) in [6.45, 7) is 0. The van der Waals surface area contributed by atoms with E-state index in [-0.39, 0.29) is 17.0 Å². The Morgan fingerprint density at radius 2 is 2.25 bits per heavy atom. The summed E-state index contributed by atoms with van der Waals surface area (Å²) in [4.78, 5) is 26.0. The number of fused-ring (bicyclic) bond motifs is 1. The van der Waals surface area contributed by atoms with E-state index in [9.17, 15) is 9.59 Å². The molecule has 2 rings (SSSR count). The maximum Gasteiger partial charge on any atom is 0.356 e. The largest absolute Gasteiger partial charge is 0.477 e. The minimum atomic E-state index is -1.21. The summed E-state index contributed by atoms with van der Waals surface area (Å²) in [5.74, 6) is -1.88. The molecule has 7 heteroatoms. The number of carbonyl (C=O) groups excluding carboxylic acids is 1. The summed E-state index contributed by atoms with van der Waals surface area (Å²) in [6, 6.07) is 2.62. The van der Waals surface area contributed by atoms with Gasteiger partial charge in [-0.2, -0.15) is 5.10 Å². The van der Waals surface area contributed by atoms with E-state index in [0.717, 1.165) is 6.07 Å². The quantitative estimate of drug-likeness (QED) is 0.728. The molecule has 82 valence electrons. The Labute approximate surface area is 89.3 Å². The van der Waals surface area contributed by atoms with Crippen LogP contribution in [0.5, 0.6) is 0 Å². The van der Waals surface area contributed by atoms with Crippen molar-refractivity contribution in [3.8, 4) is 0 Å². The first kappa shape index (κ1) is 10.1. The molecule has 0 amide bonds. The van der Waals surface area contributed by atoms with Crippen LogP contribution in [0.3, 0.4) is 0 Å². The number of carbonyl (C=O) groups is 2. The molecule has 0 aliphatic heterocycles. The Bertz CT molecular complexity index is 575. The van der Waals surface area contributed by atoms with Crippen molar-refractivity contribution in [3.05, 3.63) is 29.7 Å². The predicted molar refractivity (Wildman–Crippen MR) is 51.3 cm³/mol. The molecule has 0 aliphatic rings. The van der Waals surface area contributed by atoms with Crippen molar-refractivity contribution in [1.82, 2.24) is 14.6 Å². The molecular formula is C9H7N3O4. The first-order chi connectivity index (χ1) is 7.63. The predicted octanol–water partition coefficient (Wildman–Crippen LogP) is 0.214. The normalized spacial score (nSPS) is 10.3. The number of nitrogens with zero attached hydrogens (tertiary/aromatic N) is 3. The molecule has 2 aromatic rings. The highest BCUT2D eigenvalue weighted by atomic mass is 16.5. The average molecular weight is 221 g/mol. The Balaban J connectivity index is 2.73. The molecule has 2 aromatic heterocycles. The van der Waals surface area contributed by atoms with E-state index in [1.165, 1.54) is 23.9 Å². The Hall–Kier alpha value is -2.44. The second-order valence-electron chi connectivity index (χ2n) is 2.92. The van der Waals surface area contributed by atoms with Gasteiger partial charge in [0, 0.05) is 12.1 Å². The molecule has 0 radical (unpaired) electrons. The highest BCUT2D eigenvalue weighted by Crippen LogP contribution is 2.08. The maximum atomic E-state index is 11.4. The van der Waals surface area contributed by atoms with Crippen molar-refractivity contribution in [2.24, 2.45) is 0 Å². The Kier molecular flexibility index (Phi) is 2.28. The molecule has 0 spiro atoms. The molecule has 0 fully saturated rings. The summed E-state index contributed by atoms with van der Waals surface area (Å²) in [5.41, 5.74) is 0.0728. The van der Waals surface area contributed by atoms with Gasteiger partial charge in [-0.1, -0.05) is 0 Å². The number of aromatic nitrogens is 3. The van der Waals surface area contributed by atoms with E-state index >= 15 is 0 Å². The summed E-state index contributed by atoms with van der Waals surface area (Å²) < 4.78 is 5.75. The number of hydrogen-bond acceptors (Lipinski definition) is 5. The minimum absolute atomic E-state index is 0.0231. The number of esters is 1. The van der Waals surface area contributed by atoms with Gasteiger partial charge in [0.05, 0.1) is 13.3 Å². The van der Waals surface area contributed by atoms with E-state index in [1.807, 2.05) is 0 Å². The van der Waals surface area contributed by atoms with E-state index < -0.39 is 11.9 Å². The fourth-order valence-corrected chi connectivity index (χ4v) is 1.27. The zero-order valence-corrected chi connectivity index (χ0v) is 8.25. The zero-order valence-electron chi connectivity index (χ0n) is 8.25. The third-order valence-corrected chi connectivity index (χ3v) is 1.97. The molecule has 1 N–H and O–H groups in total. The minimum Gasteiger partial charge on any atom is -0.477 e. The molecule has 0 aromatic carbocycles.